The first-order chi connectivity index (χ1) is 9.96. The highest BCUT2D eigenvalue weighted by Gasteiger charge is 2.27. The topological polar surface area (TPSA) is 91.0 Å². The number of hydrogen-bond donors (Lipinski definition) is 2. The number of aryl methyl sites for hydroxylation is 1. The molecular weight excluding hydrogens is 290 g/mol. The van der Waals surface area contributed by atoms with Crippen molar-refractivity contribution < 1.29 is 8.42 Å². The summed E-state index contributed by atoms with van der Waals surface area (Å²) < 4.78 is 26.6. The highest BCUT2D eigenvalue weighted by molar-refractivity contribution is 7.89. The highest BCUT2D eigenvalue weighted by atomic mass is 32.2. The average Bonchev–Trinajstić information content (AvgIpc) is 2.82. The summed E-state index contributed by atoms with van der Waals surface area (Å²) in [7, 11) is -0.327. The second-order valence-corrected chi connectivity index (χ2v) is 6.74. The third-order valence-electron chi connectivity index (χ3n) is 3.20. The molecule has 0 amide bonds. The van der Waals surface area contributed by atoms with Crippen LogP contribution >= 0.6 is 0 Å². The van der Waals surface area contributed by atoms with E-state index in [-0.39, 0.29) is 11.6 Å². The normalized spacial score (nSPS) is 12.0. The number of rotatable bonds is 6. The fourth-order valence-electron chi connectivity index (χ4n) is 2.01. The Morgan fingerprint density at radius 1 is 1.33 bits per heavy atom. The van der Waals surface area contributed by atoms with Crippen LogP contribution < -0.4 is 5.32 Å². The fourth-order valence-corrected chi connectivity index (χ4v) is 3.32. The standard InChI is InChI=1S/C13H19N5O2S/c1-10-12(8-14-2)13(17-16-10)21(19,20)18(3)9-11-4-6-15-7-5-11/h4-7,14H,8-9H2,1-3H3,(H,16,17). The van der Waals surface area contributed by atoms with Crippen LogP contribution in [0.25, 0.3) is 0 Å². The van der Waals surface area contributed by atoms with E-state index in [1.165, 1.54) is 4.31 Å². The van der Waals surface area contributed by atoms with Crippen LogP contribution in [0.1, 0.15) is 16.8 Å². The zero-order valence-electron chi connectivity index (χ0n) is 12.3. The summed E-state index contributed by atoms with van der Waals surface area (Å²) >= 11 is 0. The van der Waals surface area contributed by atoms with Crippen LogP contribution in [-0.2, 0) is 23.1 Å². The number of sulfonamides is 1. The molecule has 8 heteroatoms. The van der Waals surface area contributed by atoms with Gasteiger partial charge in [-0.3, -0.25) is 10.1 Å². The van der Waals surface area contributed by atoms with Crippen molar-refractivity contribution in [1.82, 2.24) is 24.8 Å². The molecule has 21 heavy (non-hydrogen) atoms. The van der Waals surface area contributed by atoms with Crippen LogP contribution in [0, 0.1) is 6.92 Å². The lowest BCUT2D eigenvalue weighted by Crippen LogP contribution is -2.28. The average molecular weight is 309 g/mol. The maximum Gasteiger partial charge on any atom is 0.262 e. The Labute approximate surface area is 124 Å². The molecule has 114 valence electrons. The van der Waals surface area contributed by atoms with Gasteiger partial charge in [-0.15, -0.1) is 0 Å². The molecule has 2 aromatic rings. The van der Waals surface area contributed by atoms with Crippen LogP contribution in [0.3, 0.4) is 0 Å². The second-order valence-electron chi connectivity index (χ2n) is 4.78. The molecule has 2 N–H and O–H groups in total. The first-order valence-electron chi connectivity index (χ1n) is 6.50. The first-order valence-corrected chi connectivity index (χ1v) is 7.94. The van der Waals surface area contributed by atoms with Crippen molar-refractivity contribution in [2.24, 2.45) is 0 Å². The summed E-state index contributed by atoms with van der Waals surface area (Å²) in [5, 5.41) is 9.74. The van der Waals surface area contributed by atoms with Crippen molar-refractivity contribution in [3.63, 3.8) is 0 Å². The molecule has 2 heterocycles. The number of aromatic amines is 1. The van der Waals surface area contributed by atoms with Gasteiger partial charge >= 0.3 is 0 Å². The van der Waals surface area contributed by atoms with Crippen molar-refractivity contribution >= 4 is 10.0 Å². The summed E-state index contributed by atoms with van der Waals surface area (Å²) in [5.74, 6) is 0. The van der Waals surface area contributed by atoms with E-state index in [0.717, 1.165) is 11.3 Å². The van der Waals surface area contributed by atoms with E-state index in [2.05, 4.69) is 20.5 Å². The Morgan fingerprint density at radius 3 is 2.62 bits per heavy atom. The molecule has 0 bridgehead atoms. The van der Waals surface area contributed by atoms with E-state index in [0.29, 0.717) is 12.1 Å². The van der Waals surface area contributed by atoms with Gasteiger partial charge in [0.05, 0.1) is 0 Å². The van der Waals surface area contributed by atoms with Crippen molar-refractivity contribution in [1.29, 1.82) is 0 Å². The summed E-state index contributed by atoms with van der Waals surface area (Å²) in [6.45, 7) is 2.53. The number of nitrogens with zero attached hydrogens (tertiary/aromatic N) is 3. The predicted octanol–water partition coefficient (Wildman–Crippen LogP) is 0.653. The van der Waals surface area contributed by atoms with E-state index < -0.39 is 10.0 Å². The van der Waals surface area contributed by atoms with Gasteiger partial charge in [-0.1, -0.05) is 0 Å². The van der Waals surface area contributed by atoms with E-state index in [9.17, 15) is 8.42 Å². The number of aromatic nitrogens is 3. The first kappa shape index (κ1) is 15.6. The van der Waals surface area contributed by atoms with Crippen LogP contribution in [0.5, 0.6) is 0 Å². The second kappa shape index (κ2) is 6.33. The summed E-state index contributed by atoms with van der Waals surface area (Å²) in [5.41, 5.74) is 2.29. The Balaban J connectivity index is 2.29. The van der Waals surface area contributed by atoms with Crippen molar-refractivity contribution in [3.05, 3.63) is 41.3 Å². The van der Waals surface area contributed by atoms with Crippen molar-refractivity contribution in [2.75, 3.05) is 14.1 Å². The Kier molecular flexibility index (Phi) is 4.71. The monoisotopic (exact) mass is 309 g/mol. The van der Waals surface area contributed by atoms with Gasteiger partial charge in [0, 0.05) is 43.8 Å². The van der Waals surface area contributed by atoms with E-state index in [4.69, 9.17) is 0 Å². The molecule has 0 saturated heterocycles. The molecule has 0 fully saturated rings. The van der Waals surface area contributed by atoms with Gasteiger partial charge in [-0.05, 0) is 31.7 Å². The van der Waals surface area contributed by atoms with E-state index in [1.54, 1.807) is 38.6 Å². The Bertz CT molecular complexity index is 697. The Hall–Kier alpha value is -1.77. The van der Waals surface area contributed by atoms with Gasteiger partial charge in [0.25, 0.3) is 10.0 Å². The van der Waals surface area contributed by atoms with E-state index >= 15 is 0 Å². The third-order valence-corrected chi connectivity index (χ3v) is 4.97. The molecule has 0 spiro atoms. The minimum atomic E-state index is -3.64. The molecule has 0 atom stereocenters. The van der Waals surface area contributed by atoms with Gasteiger partial charge < -0.3 is 5.32 Å². The Morgan fingerprint density at radius 2 is 2.00 bits per heavy atom. The van der Waals surface area contributed by atoms with Crippen LogP contribution in [-0.4, -0.2) is 42.0 Å². The molecule has 7 nitrogen and oxygen atoms in total. The largest absolute Gasteiger partial charge is 0.316 e. The summed E-state index contributed by atoms with van der Waals surface area (Å²) in [6, 6.07) is 3.58. The van der Waals surface area contributed by atoms with Gasteiger partial charge in [-0.2, -0.15) is 9.40 Å². The molecule has 2 rings (SSSR count). The fraction of sp³-hybridized carbons (Fsp3) is 0.385. The van der Waals surface area contributed by atoms with Gasteiger partial charge in [0.1, 0.15) is 0 Å². The number of pyridine rings is 1. The highest BCUT2D eigenvalue weighted by Crippen LogP contribution is 2.20. The molecular formula is C13H19N5O2S. The van der Waals surface area contributed by atoms with Crippen LogP contribution in [0.2, 0.25) is 0 Å². The minimum absolute atomic E-state index is 0.0749. The zero-order valence-corrected chi connectivity index (χ0v) is 13.1. The predicted molar refractivity (Wildman–Crippen MR) is 79.0 cm³/mol. The molecule has 0 aliphatic heterocycles. The number of H-pyrrole nitrogens is 1. The van der Waals surface area contributed by atoms with E-state index in [1.807, 2.05) is 6.92 Å². The lowest BCUT2D eigenvalue weighted by molar-refractivity contribution is 0.462. The third kappa shape index (κ3) is 3.29. The lowest BCUT2D eigenvalue weighted by atomic mass is 10.3. The maximum atomic E-state index is 12.6. The number of hydrogen-bond acceptors (Lipinski definition) is 5. The molecule has 0 saturated carbocycles. The van der Waals surface area contributed by atoms with Gasteiger partial charge in [0.2, 0.25) is 0 Å². The molecule has 0 aromatic carbocycles. The SMILES string of the molecule is CNCc1c(S(=O)(=O)N(C)Cc2ccncc2)n[nH]c1C. The number of nitrogens with one attached hydrogen (secondary N) is 2. The quantitative estimate of drug-likeness (QED) is 0.818. The van der Waals surface area contributed by atoms with Crippen LogP contribution in [0.15, 0.2) is 29.6 Å². The maximum absolute atomic E-state index is 12.6. The summed E-state index contributed by atoms with van der Waals surface area (Å²) in [4.78, 5) is 3.92. The van der Waals surface area contributed by atoms with Gasteiger partial charge in [-0.25, -0.2) is 8.42 Å². The zero-order chi connectivity index (χ0) is 15.5. The van der Waals surface area contributed by atoms with Crippen molar-refractivity contribution in [3.8, 4) is 0 Å². The molecule has 0 aliphatic rings. The van der Waals surface area contributed by atoms with Crippen LogP contribution in [0.4, 0.5) is 0 Å². The summed E-state index contributed by atoms with van der Waals surface area (Å²) in [6.07, 6.45) is 3.28. The molecule has 0 unspecified atom stereocenters. The molecule has 0 aliphatic carbocycles. The van der Waals surface area contributed by atoms with Crippen molar-refractivity contribution in [2.45, 2.75) is 25.0 Å². The minimum Gasteiger partial charge on any atom is -0.316 e. The smallest absolute Gasteiger partial charge is 0.262 e. The molecule has 0 radical (unpaired) electrons. The van der Waals surface area contributed by atoms with Gasteiger partial charge in [0.15, 0.2) is 5.03 Å². The molecule has 2 aromatic heterocycles. The lowest BCUT2D eigenvalue weighted by Gasteiger charge is -2.16.